The van der Waals surface area contributed by atoms with Crippen molar-refractivity contribution in [1.82, 2.24) is 24.6 Å². The van der Waals surface area contributed by atoms with Gasteiger partial charge in [-0.05, 0) is 32.8 Å². The Bertz CT molecular complexity index is 758. The summed E-state index contributed by atoms with van der Waals surface area (Å²) in [5, 5.41) is 4.47. The van der Waals surface area contributed by atoms with Gasteiger partial charge in [-0.15, -0.1) is 0 Å². The Kier molecular flexibility index (Phi) is 3.70. The van der Waals surface area contributed by atoms with Crippen LogP contribution in [0.4, 0.5) is 5.82 Å². The maximum atomic E-state index is 12.4. The van der Waals surface area contributed by atoms with Crippen molar-refractivity contribution < 1.29 is 4.79 Å². The van der Waals surface area contributed by atoms with Gasteiger partial charge in [0, 0.05) is 37.9 Å². The predicted molar refractivity (Wildman–Crippen MR) is 90.1 cm³/mol. The summed E-state index contributed by atoms with van der Waals surface area (Å²) < 4.78 is 1.83. The van der Waals surface area contributed by atoms with E-state index in [0.717, 1.165) is 62.0 Å². The number of hydrogen-bond donors (Lipinski definition) is 0. The first kappa shape index (κ1) is 15.1. The average molecular weight is 326 g/mol. The molecule has 0 saturated carbocycles. The molecule has 0 aromatic carbocycles. The standard InChI is InChI=1S/C17H22N6O/c1-12-7-13(2)23(20-12)16-8-15(18-11-19-16)22-9-14(10-22)17(24)21-5-3-4-6-21/h7-8,11,14H,3-6,9-10H2,1-2H3. The number of likely N-dealkylation sites (tertiary alicyclic amines) is 1. The molecule has 126 valence electrons. The minimum absolute atomic E-state index is 0.107. The van der Waals surface area contributed by atoms with Crippen LogP contribution >= 0.6 is 0 Å². The lowest BCUT2D eigenvalue weighted by Crippen LogP contribution is -2.54. The van der Waals surface area contributed by atoms with Crippen molar-refractivity contribution in [3.63, 3.8) is 0 Å². The Labute approximate surface area is 141 Å². The molecule has 0 aliphatic carbocycles. The van der Waals surface area contributed by atoms with Gasteiger partial charge in [-0.25, -0.2) is 14.6 Å². The van der Waals surface area contributed by atoms with E-state index in [1.54, 1.807) is 6.33 Å². The monoisotopic (exact) mass is 326 g/mol. The minimum atomic E-state index is 0.107. The van der Waals surface area contributed by atoms with Gasteiger partial charge in [0.1, 0.15) is 12.1 Å². The molecule has 2 aromatic heterocycles. The molecule has 0 bridgehead atoms. The van der Waals surface area contributed by atoms with Gasteiger partial charge in [0.25, 0.3) is 0 Å². The second-order valence-corrected chi connectivity index (χ2v) is 6.71. The highest BCUT2D eigenvalue weighted by molar-refractivity contribution is 5.82. The first-order valence-corrected chi connectivity index (χ1v) is 8.51. The molecule has 4 heterocycles. The van der Waals surface area contributed by atoms with Gasteiger partial charge < -0.3 is 9.80 Å². The number of anilines is 1. The van der Waals surface area contributed by atoms with Gasteiger partial charge in [-0.3, -0.25) is 4.79 Å². The second kappa shape index (κ2) is 5.89. The molecular weight excluding hydrogens is 304 g/mol. The topological polar surface area (TPSA) is 67.2 Å². The average Bonchev–Trinajstić information content (AvgIpc) is 3.15. The fourth-order valence-corrected chi connectivity index (χ4v) is 3.50. The van der Waals surface area contributed by atoms with Crippen molar-refractivity contribution in [2.45, 2.75) is 26.7 Å². The number of nitrogens with zero attached hydrogens (tertiary/aromatic N) is 6. The van der Waals surface area contributed by atoms with Gasteiger partial charge in [0.2, 0.25) is 5.91 Å². The zero-order chi connectivity index (χ0) is 16.7. The third-order valence-electron chi connectivity index (χ3n) is 4.84. The van der Waals surface area contributed by atoms with Crippen LogP contribution in [0.5, 0.6) is 0 Å². The largest absolute Gasteiger partial charge is 0.355 e. The Balaban J connectivity index is 1.46. The summed E-state index contributed by atoms with van der Waals surface area (Å²) in [6.45, 7) is 7.30. The van der Waals surface area contributed by atoms with E-state index < -0.39 is 0 Å². The fourth-order valence-electron chi connectivity index (χ4n) is 3.50. The zero-order valence-corrected chi connectivity index (χ0v) is 14.1. The Morgan fingerprint density at radius 1 is 1.08 bits per heavy atom. The van der Waals surface area contributed by atoms with Crippen LogP contribution in [0.15, 0.2) is 18.5 Å². The highest BCUT2D eigenvalue weighted by atomic mass is 16.2. The van der Waals surface area contributed by atoms with Crippen molar-refractivity contribution in [3.8, 4) is 5.82 Å². The van der Waals surface area contributed by atoms with Crippen LogP contribution in [-0.2, 0) is 4.79 Å². The van der Waals surface area contributed by atoms with Crippen LogP contribution in [0.1, 0.15) is 24.2 Å². The van der Waals surface area contributed by atoms with Crippen LogP contribution < -0.4 is 4.90 Å². The van der Waals surface area contributed by atoms with Gasteiger partial charge >= 0.3 is 0 Å². The van der Waals surface area contributed by atoms with Gasteiger partial charge in [0.05, 0.1) is 11.6 Å². The van der Waals surface area contributed by atoms with Crippen molar-refractivity contribution in [2.75, 3.05) is 31.1 Å². The highest BCUT2D eigenvalue weighted by Gasteiger charge is 2.36. The number of hydrogen-bond acceptors (Lipinski definition) is 5. The van der Waals surface area contributed by atoms with E-state index in [1.807, 2.05) is 35.6 Å². The van der Waals surface area contributed by atoms with E-state index >= 15 is 0 Å². The number of aryl methyl sites for hydroxylation is 2. The molecule has 0 spiro atoms. The van der Waals surface area contributed by atoms with Crippen molar-refractivity contribution in [1.29, 1.82) is 0 Å². The Hall–Kier alpha value is -2.44. The highest BCUT2D eigenvalue weighted by Crippen LogP contribution is 2.26. The molecule has 24 heavy (non-hydrogen) atoms. The number of amides is 1. The Morgan fingerprint density at radius 3 is 2.46 bits per heavy atom. The van der Waals surface area contributed by atoms with Crippen LogP contribution in [0.25, 0.3) is 5.82 Å². The molecule has 2 aliphatic rings. The predicted octanol–water partition coefficient (Wildman–Crippen LogP) is 1.34. The molecule has 4 rings (SSSR count). The molecule has 0 N–H and O–H groups in total. The molecule has 0 radical (unpaired) electrons. The van der Waals surface area contributed by atoms with E-state index in [9.17, 15) is 4.79 Å². The maximum absolute atomic E-state index is 12.4. The molecule has 2 saturated heterocycles. The van der Waals surface area contributed by atoms with Crippen molar-refractivity contribution >= 4 is 11.7 Å². The smallest absolute Gasteiger partial charge is 0.229 e. The number of rotatable bonds is 3. The molecule has 2 aromatic rings. The summed E-state index contributed by atoms with van der Waals surface area (Å²) in [6, 6.07) is 3.96. The molecule has 0 atom stereocenters. The lowest BCUT2D eigenvalue weighted by Gasteiger charge is -2.40. The summed E-state index contributed by atoms with van der Waals surface area (Å²) in [5.74, 6) is 2.03. The minimum Gasteiger partial charge on any atom is -0.355 e. The van der Waals surface area contributed by atoms with E-state index in [0.29, 0.717) is 5.91 Å². The number of carbonyl (C=O) groups is 1. The Morgan fingerprint density at radius 2 is 1.79 bits per heavy atom. The van der Waals surface area contributed by atoms with E-state index in [2.05, 4.69) is 20.0 Å². The molecule has 0 unspecified atom stereocenters. The molecule has 2 aliphatic heterocycles. The van der Waals surface area contributed by atoms with Crippen LogP contribution in [-0.4, -0.2) is 56.7 Å². The summed E-state index contributed by atoms with van der Waals surface area (Å²) in [6.07, 6.45) is 3.84. The van der Waals surface area contributed by atoms with Crippen molar-refractivity contribution in [2.24, 2.45) is 5.92 Å². The third-order valence-corrected chi connectivity index (χ3v) is 4.84. The van der Waals surface area contributed by atoms with Crippen LogP contribution in [0.3, 0.4) is 0 Å². The second-order valence-electron chi connectivity index (χ2n) is 6.71. The maximum Gasteiger partial charge on any atom is 0.229 e. The molecule has 7 heteroatoms. The van der Waals surface area contributed by atoms with E-state index in [1.165, 1.54) is 0 Å². The van der Waals surface area contributed by atoms with Crippen LogP contribution in [0.2, 0.25) is 0 Å². The summed E-state index contributed by atoms with van der Waals surface area (Å²) in [4.78, 5) is 25.2. The zero-order valence-electron chi connectivity index (χ0n) is 14.1. The van der Waals surface area contributed by atoms with Crippen LogP contribution in [0, 0.1) is 19.8 Å². The quantitative estimate of drug-likeness (QED) is 0.851. The SMILES string of the molecule is Cc1cc(C)n(-c2cc(N3CC(C(=O)N4CCCC4)C3)ncn2)n1. The molecular formula is C17H22N6O. The van der Waals surface area contributed by atoms with Gasteiger partial charge in [-0.1, -0.05) is 0 Å². The summed E-state index contributed by atoms with van der Waals surface area (Å²) in [7, 11) is 0. The van der Waals surface area contributed by atoms with Crippen molar-refractivity contribution in [3.05, 3.63) is 29.8 Å². The number of aromatic nitrogens is 4. The molecule has 1 amide bonds. The lowest BCUT2D eigenvalue weighted by atomic mass is 9.98. The first-order valence-electron chi connectivity index (χ1n) is 8.51. The lowest BCUT2D eigenvalue weighted by molar-refractivity contribution is -0.135. The van der Waals surface area contributed by atoms with E-state index in [4.69, 9.17) is 0 Å². The first-order chi connectivity index (χ1) is 11.6. The van der Waals surface area contributed by atoms with Gasteiger partial charge in [-0.2, -0.15) is 5.10 Å². The third kappa shape index (κ3) is 2.64. The molecule has 2 fully saturated rings. The summed E-state index contributed by atoms with van der Waals surface area (Å²) in [5.41, 5.74) is 2.01. The summed E-state index contributed by atoms with van der Waals surface area (Å²) >= 11 is 0. The fraction of sp³-hybridized carbons (Fsp3) is 0.529. The van der Waals surface area contributed by atoms with Gasteiger partial charge in [0.15, 0.2) is 5.82 Å². The molecule has 7 nitrogen and oxygen atoms in total. The number of carbonyl (C=O) groups excluding carboxylic acids is 1. The normalized spacial score (nSPS) is 18.1. The van der Waals surface area contributed by atoms with E-state index in [-0.39, 0.29) is 5.92 Å².